The number of fused-ring (bicyclic) bond motifs is 1. The number of benzene rings is 2. The number of carbonyl (C=O) groups excluding carboxylic acids is 1. The molecule has 156 valence electrons. The molecule has 0 saturated heterocycles. The van der Waals surface area contributed by atoms with Crippen molar-refractivity contribution in [1.82, 2.24) is 9.78 Å². The number of nitrogens with one attached hydrogen (secondary N) is 1. The normalized spacial score (nSPS) is 15.1. The van der Waals surface area contributed by atoms with E-state index in [0.717, 1.165) is 5.56 Å². The molecule has 0 bridgehead atoms. The van der Waals surface area contributed by atoms with Crippen LogP contribution in [0.15, 0.2) is 48.5 Å². The zero-order valence-electron chi connectivity index (χ0n) is 16.9. The number of hydrogen-bond donors (Lipinski definition) is 1. The Bertz CT molecular complexity index is 1220. The molecule has 4 rings (SSSR count). The molecule has 1 N–H and O–H groups in total. The second-order valence-corrected chi connectivity index (χ2v) is 10.5. The topological polar surface area (TPSA) is 81.1 Å². The molecule has 0 spiro atoms. The highest BCUT2D eigenvalue weighted by atomic mass is 32.2. The molecule has 2 heterocycles. The van der Waals surface area contributed by atoms with Gasteiger partial charge in [0.1, 0.15) is 11.6 Å². The number of amides is 1. The summed E-state index contributed by atoms with van der Waals surface area (Å²) < 4.78 is 38.9. The van der Waals surface area contributed by atoms with Crippen molar-refractivity contribution in [3.8, 4) is 5.69 Å². The summed E-state index contributed by atoms with van der Waals surface area (Å²) in [6.07, 6.45) is 0. The molecule has 0 unspecified atom stereocenters. The number of halogens is 1. The van der Waals surface area contributed by atoms with Crippen molar-refractivity contribution in [2.75, 3.05) is 5.32 Å². The van der Waals surface area contributed by atoms with E-state index in [1.807, 2.05) is 12.1 Å². The maximum absolute atomic E-state index is 13.3. The van der Waals surface area contributed by atoms with Gasteiger partial charge in [-0.25, -0.2) is 17.5 Å². The Hall–Kier alpha value is -3.00. The van der Waals surface area contributed by atoms with E-state index < -0.39 is 15.7 Å². The molecular formula is C22H22FN3O3S. The Balaban J connectivity index is 1.71. The Morgan fingerprint density at radius 1 is 1.03 bits per heavy atom. The van der Waals surface area contributed by atoms with Crippen LogP contribution >= 0.6 is 0 Å². The average Bonchev–Trinajstić information content (AvgIpc) is 3.14. The molecule has 30 heavy (non-hydrogen) atoms. The number of rotatable bonds is 3. The maximum atomic E-state index is 13.3. The van der Waals surface area contributed by atoms with Gasteiger partial charge >= 0.3 is 0 Å². The van der Waals surface area contributed by atoms with Crippen LogP contribution < -0.4 is 5.32 Å². The van der Waals surface area contributed by atoms with Crippen molar-refractivity contribution in [3.63, 3.8) is 0 Å². The lowest BCUT2D eigenvalue weighted by atomic mass is 9.87. The molecule has 0 atom stereocenters. The largest absolute Gasteiger partial charge is 0.306 e. The van der Waals surface area contributed by atoms with E-state index in [-0.39, 0.29) is 22.8 Å². The summed E-state index contributed by atoms with van der Waals surface area (Å²) in [7, 11) is -3.30. The van der Waals surface area contributed by atoms with Gasteiger partial charge in [-0.15, -0.1) is 0 Å². The summed E-state index contributed by atoms with van der Waals surface area (Å²) in [5.74, 6) is -0.846. The standard InChI is InChI=1S/C22H22FN3O3S/c1-22(2,3)15-6-4-14(5-7-15)21(27)24-20-18-12-30(28,29)13-19(18)25-26(20)17-10-8-16(23)9-11-17/h4-11H,12-13H2,1-3H3,(H,24,27). The highest BCUT2D eigenvalue weighted by Gasteiger charge is 2.33. The smallest absolute Gasteiger partial charge is 0.256 e. The number of aromatic nitrogens is 2. The van der Waals surface area contributed by atoms with Crippen LogP contribution in [0.2, 0.25) is 0 Å². The SMILES string of the molecule is CC(C)(C)c1ccc(C(=O)Nc2c3c(nn2-c2ccc(F)cc2)CS(=O)(=O)C3)cc1. The molecule has 0 saturated carbocycles. The number of nitrogens with zero attached hydrogens (tertiary/aromatic N) is 2. The van der Waals surface area contributed by atoms with Crippen LogP contribution in [0.1, 0.15) is 48.0 Å². The summed E-state index contributed by atoms with van der Waals surface area (Å²) in [5, 5.41) is 7.20. The molecule has 0 aliphatic carbocycles. The van der Waals surface area contributed by atoms with Crippen LogP contribution in [-0.2, 0) is 26.8 Å². The van der Waals surface area contributed by atoms with Crippen molar-refractivity contribution >= 4 is 21.6 Å². The van der Waals surface area contributed by atoms with Crippen LogP contribution in [0.4, 0.5) is 10.2 Å². The predicted molar refractivity (Wildman–Crippen MR) is 113 cm³/mol. The maximum Gasteiger partial charge on any atom is 0.256 e. The number of carbonyl (C=O) groups is 1. The number of anilines is 1. The first-order chi connectivity index (χ1) is 14.0. The minimum atomic E-state index is -3.30. The molecule has 1 aromatic heterocycles. The van der Waals surface area contributed by atoms with Gasteiger partial charge in [0.05, 0.1) is 22.9 Å². The van der Waals surface area contributed by atoms with Gasteiger partial charge < -0.3 is 5.32 Å². The first-order valence-electron chi connectivity index (χ1n) is 9.52. The van der Waals surface area contributed by atoms with E-state index in [9.17, 15) is 17.6 Å². The molecule has 1 amide bonds. The van der Waals surface area contributed by atoms with E-state index in [1.54, 1.807) is 12.1 Å². The van der Waals surface area contributed by atoms with Crippen LogP contribution in [0.25, 0.3) is 5.69 Å². The van der Waals surface area contributed by atoms with Crippen LogP contribution in [0, 0.1) is 5.82 Å². The van der Waals surface area contributed by atoms with Gasteiger partial charge in [-0.1, -0.05) is 32.9 Å². The van der Waals surface area contributed by atoms with E-state index in [0.29, 0.717) is 28.3 Å². The Labute approximate surface area is 174 Å². The van der Waals surface area contributed by atoms with Crippen LogP contribution in [-0.4, -0.2) is 24.1 Å². The third-order valence-corrected chi connectivity index (χ3v) is 6.55. The zero-order chi connectivity index (χ0) is 21.7. The van der Waals surface area contributed by atoms with Gasteiger partial charge in [-0.3, -0.25) is 4.79 Å². The van der Waals surface area contributed by atoms with E-state index in [1.165, 1.54) is 28.9 Å². The van der Waals surface area contributed by atoms with Crippen molar-refractivity contribution in [3.05, 3.63) is 76.7 Å². The predicted octanol–water partition coefficient (Wildman–Crippen LogP) is 3.99. The number of hydrogen-bond acceptors (Lipinski definition) is 4. The quantitative estimate of drug-likeness (QED) is 0.685. The highest BCUT2D eigenvalue weighted by Crippen LogP contribution is 2.33. The van der Waals surface area contributed by atoms with E-state index in [2.05, 4.69) is 31.2 Å². The third kappa shape index (κ3) is 3.87. The van der Waals surface area contributed by atoms with Crippen molar-refractivity contribution in [1.29, 1.82) is 0 Å². The fraction of sp³-hybridized carbons (Fsp3) is 0.273. The van der Waals surface area contributed by atoms with Gasteiger partial charge in [0.25, 0.3) is 5.91 Å². The summed E-state index contributed by atoms with van der Waals surface area (Å²) in [4.78, 5) is 12.9. The Kier molecular flexibility index (Phi) is 4.77. The highest BCUT2D eigenvalue weighted by molar-refractivity contribution is 7.90. The van der Waals surface area contributed by atoms with Gasteiger partial charge in [-0.05, 0) is 47.4 Å². The lowest BCUT2D eigenvalue weighted by Gasteiger charge is -2.19. The summed E-state index contributed by atoms with van der Waals surface area (Å²) in [6, 6.07) is 12.9. The van der Waals surface area contributed by atoms with E-state index >= 15 is 0 Å². The molecule has 1 aliphatic rings. The van der Waals surface area contributed by atoms with Crippen molar-refractivity contribution < 1.29 is 17.6 Å². The lowest BCUT2D eigenvalue weighted by Crippen LogP contribution is -2.17. The molecule has 2 aromatic carbocycles. The summed E-state index contributed by atoms with van der Waals surface area (Å²) in [6.45, 7) is 6.27. The van der Waals surface area contributed by atoms with Crippen molar-refractivity contribution in [2.24, 2.45) is 0 Å². The third-order valence-electron chi connectivity index (χ3n) is 5.10. The molecule has 0 fully saturated rings. The fourth-order valence-corrected chi connectivity index (χ4v) is 4.94. The lowest BCUT2D eigenvalue weighted by molar-refractivity contribution is 0.102. The summed E-state index contributed by atoms with van der Waals surface area (Å²) in [5.41, 5.74) is 2.91. The molecule has 6 nitrogen and oxygen atoms in total. The molecule has 8 heteroatoms. The van der Waals surface area contributed by atoms with E-state index in [4.69, 9.17) is 0 Å². The molecule has 3 aromatic rings. The molecular weight excluding hydrogens is 405 g/mol. The van der Waals surface area contributed by atoms with Crippen LogP contribution in [0.3, 0.4) is 0 Å². The number of sulfone groups is 1. The van der Waals surface area contributed by atoms with Gasteiger partial charge in [0, 0.05) is 11.1 Å². The minimum Gasteiger partial charge on any atom is -0.306 e. The molecule has 1 aliphatic heterocycles. The second kappa shape index (κ2) is 7.05. The first-order valence-corrected chi connectivity index (χ1v) is 11.3. The van der Waals surface area contributed by atoms with Crippen LogP contribution in [0.5, 0.6) is 0 Å². The van der Waals surface area contributed by atoms with Gasteiger partial charge in [0.2, 0.25) is 0 Å². The van der Waals surface area contributed by atoms with Crippen molar-refractivity contribution in [2.45, 2.75) is 37.7 Å². The Morgan fingerprint density at radius 3 is 2.27 bits per heavy atom. The Morgan fingerprint density at radius 2 is 1.67 bits per heavy atom. The van der Waals surface area contributed by atoms with Gasteiger partial charge in [0.15, 0.2) is 9.84 Å². The monoisotopic (exact) mass is 427 g/mol. The summed E-state index contributed by atoms with van der Waals surface area (Å²) >= 11 is 0. The first kappa shape index (κ1) is 20.3. The second-order valence-electron chi connectivity index (χ2n) is 8.48. The average molecular weight is 428 g/mol. The minimum absolute atomic E-state index is 0.0363. The van der Waals surface area contributed by atoms with Gasteiger partial charge in [-0.2, -0.15) is 5.10 Å². The fourth-order valence-electron chi connectivity index (χ4n) is 3.44. The zero-order valence-corrected chi connectivity index (χ0v) is 17.8. The molecule has 0 radical (unpaired) electrons.